The van der Waals surface area contributed by atoms with Gasteiger partial charge in [0.15, 0.2) is 12.3 Å². The van der Waals surface area contributed by atoms with E-state index in [1.807, 2.05) is 0 Å². The van der Waals surface area contributed by atoms with Gasteiger partial charge in [0.25, 0.3) is 0 Å². The number of hydrogen-bond donors (Lipinski definition) is 2. The topological polar surface area (TPSA) is 64.7 Å². The van der Waals surface area contributed by atoms with Gasteiger partial charge in [0.05, 0.1) is 0 Å². The summed E-state index contributed by atoms with van der Waals surface area (Å²) in [7, 11) is 0. The van der Waals surface area contributed by atoms with Gasteiger partial charge in [0.2, 0.25) is 0 Å². The van der Waals surface area contributed by atoms with Crippen molar-refractivity contribution in [2.45, 2.75) is 12.3 Å². The molecular weight excluding hydrogens is 207 g/mol. The summed E-state index contributed by atoms with van der Waals surface area (Å²) in [6.07, 6.45) is -1.19. The third kappa shape index (κ3) is 0.818. The molecule has 2 saturated heterocycles. The SMILES string of the molecule is O=C1NC2C(N1)N(Cl)C(=O)N2Cl. The molecular formula is C4H4Cl2N4O2. The summed E-state index contributed by atoms with van der Waals surface area (Å²) in [5.41, 5.74) is 0. The van der Waals surface area contributed by atoms with Crippen LogP contribution in [0.4, 0.5) is 9.59 Å². The van der Waals surface area contributed by atoms with Crippen molar-refractivity contribution in [3.63, 3.8) is 0 Å². The van der Waals surface area contributed by atoms with Crippen LogP contribution in [0.25, 0.3) is 0 Å². The summed E-state index contributed by atoms with van der Waals surface area (Å²) in [6.45, 7) is 0. The molecule has 2 fully saturated rings. The number of fused-ring (bicyclic) bond motifs is 1. The second-order valence-corrected chi connectivity index (χ2v) is 3.14. The van der Waals surface area contributed by atoms with Gasteiger partial charge in [-0.25, -0.2) is 18.4 Å². The van der Waals surface area contributed by atoms with Gasteiger partial charge >= 0.3 is 12.1 Å². The van der Waals surface area contributed by atoms with E-state index < -0.39 is 24.4 Å². The molecule has 0 spiro atoms. The second-order valence-electron chi connectivity index (χ2n) is 2.41. The van der Waals surface area contributed by atoms with Crippen LogP contribution in [0, 0.1) is 0 Å². The van der Waals surface area contributed by atoms with Crippen molar-refractivity contribution in [3.8, 4) is 0 Å². The zero-order chi connectivity index (χ0) is 8.88. The van der Waals surface area contributed by atoms with E-state index >= 15 is 0 Å². The maximum absolute atomic E-state index is 11.0. The van der Waals surface area contributed by atoms with E-state index in [1.54, 1.807) is 0 Å². The standard InChI is InChI=1S/C4H4Cl2N4O2/c5-9-1-2(8-3(11)7-1)10(6)4(9)12/h1-2H,(H2,7,8,11). The van der Waals surface area contributed by atoms with E-state index in [1.165, 1.54) is 0 Å². The highest BCUT2D eigenvalue weighted by Crippen LogP contribution is 2.25. The van der Waals surface area contributed by atoms with E-state index in [9.17, 15) is 9.59 Å². The van der Waals surface area contributed by atoms with Gasteiger partial charge in [-0.15, -0.1) is 0 Å². The predicted molar refractivity (Wildman–Crippen MR) is 40.0 cm³/mol. The molecule has 6 nitrogen and oxygen atoms in total. The summed E-state index contributed by atoms with van der Waals surface area (Å²) in [5, 5.41) is 4.85. The van der Waals surface area contributed by atoms with Gasteiger partial charge in [-0.05, 0) is 0 Å². The van der Waals surface area contributed by atoms with Crippen LogP contribution in [-0.4, -0.2) is 33.2 Å². The molecule has 4 amide bonds. The molecule has 2 N–H and O–H groups in total. The molecule has 2 rings (SSSR count). The molecule has 0 radical (unpaired) electrons. The molecule has 2 heterocycles. The fraction of sp³-hybridized carbons (Fsp3) is 0.500. The Kier molecular flexibility index (Phi) is 1.49. The Labute approximate surface area is 77.6 Å². The van der Waals surface area contributed by atoms with E-state index in [2.05, 4.69) is 10.6 Å². The van der Waals surface area contributed by atoms with Crippen LogP contribution in [0.1, 0.15) is 0 Å². The van der Waals surface area contributed by atoms with Crippen molar-refractivity contribution in [1.29, 1.82) is 0 Å². The lowest BCUT2D eigenvalue weighted by molar-refractivity contribution is 0.216. The summed E-state index contributed by atoms with van der Waals surface area (Å²) in [6, 6.07) is -0.949. The van der Waals surface area contributed by atoms with Crippen molar-refractivity contribution >= 4 is 35.6 Å². The lowest BCUT2D eigenvalue weighted by Crippen LogP contribution is -2.38. The highest BCUT2D eigenvalue weighted by atomic mass is 35.5. The van der Waals surface area contributed by atoms with Crippen LogP contribution in [0.3, 0.4) is 0 Å². The molecule has 0 aromatic carbocycles. The van der Waals surface area contributed by atoms with Crippen molar-refractivity contribution in [1.82, 2.24) is 19.5 Å². The van der Waals surface area contributed by atoms with Crippen LogP contribution in [-0.2, 0) is 0 Å². The first-order valence-electron chi connectivity index (χ1n) is 3.12. The number of carbonyl (C=O) groups excluding carboxylic acids is 2. The molecule has 0 aliphatic carbocycles. The lowest BCUT2D eigenvalue weighted by Gasteiger charge is -2.10. The smallest absolute Gasteiger partial charge is 0.313 e. The molecule has 0 bridgehead atoms. The van der Waals surface area contributed by atoms with Gasteiger partial charge in [0.1, 0.15) is 0 Å². The molecule has 2 aliphatic heterocycles. The lowest BCUT2D eigenvalue weighted by atomic mass is 10.4. The van der Waals surface area contributed by atoms with Gasteiger partial charge in [-0.2, -0.15) is 0 Å². The van der Waals surface area contributed by atoms with Crippen molar-refractivity contribution in [3.05, 3.63) is 0 Å². The van der Waals surface area contributed by atoms with Gasteiger partial charge in [-0.3, -0.25) is 0 Å². The second kappa shape index (κ2) is 2.30. The summed E-state index contributed by atoms with van der Waals surface area (Å²) < 4.78 is 1.69. The molecule has 0 saturated carbocycles. The number of hydrogen-bond acceptors (Lipinski definition) is 2. The number of nitrogens with one attached hydrogen (secondary N) is 2. The number of rotatable bonds is 0. The van der Waals surface area contributed by atoms with Gasteiger partial charge in [-0.1, -0.05) is 0 Å². The maximum Gasteiger partial charge on any atom is 0.353 e. The first-order valence-corrected chi connectivity index (χ1v) is 3.80. The predicted octanol–water partition coefficient (Wildman–Crippen LogP) is -0.00340. The minimum atomic E-state index is -0.593. The first-order chi connectivity index (χ1) is 5.61. The van der Waals surface area contributed by atoms with E-state index in [0.717, 1.165) is 8.84 Å². The molecule has 66 valence electrons. The Bertz CT molecular complexity index is 237. The Morgan fingerprint density at radius 3 is 1.92 bits per heavy atom. The van der Waals surface area contributed by atoms with Crippen LogP contribution in [0.2, 0.25) is 0 Å². The quantitative estimate of drug-likeness (QED) is 0.553. The molecule has 0 aromatic rings. The Morgan fingerprint density at radius 2 is 1.50 bits per heavy atom. The van der Waals surface area contributed by atoms with Gasteiger partial charge < -0.3 is 10.6 Å². The highest BCUT2D eigenvalue weighted by Gasteiger charge is 2.50. The largest absolute Gasteiger partial charge is 0.353 e. The number of urea groups is 2. The average Bonchev–Trinajstić information content (AvgIpc) is 2.49. The first kappa shape index (κ1) is 7.75. The summed E-state index contributed by atoms with van der Waals surface area (Å²) in [4.78, 5) is 21.8. The number of carbonyl (C=O) groups is 2. The minimum Gasteiger partial charge on any atom is -0.313 e. The third-order valence-corrected chi connectivity index (χ3v) is 2.42. The summed E-state index contributed by atoms with van der Waals surface area (Å²) in [5.74, 6) is 0. The van der Waals surface area contributed by atoms with Crippen molar-refractivity contribution < 1.29 is 9.59 Å². The molecule has 2 aliphatic rings. The van der Waals surface area contributed by atoms with Gasteiger partial charge in [0, 0.05) is 23.6 Å². The zero-order valence-electron chi connectivity index (χ0n) is 5.62. The molecule has 8 heteroatoms. The summed E-state index contributed by atoms with van der Waals surface area (Å²) >= 11 is 11.1. The van der Waals surface area contributed by atoms with Crippen LogP contribution in [0.15, 0.2) is 0 Å². The van der Waals surface area contributed by atoms with Crippen molar-refractivity contribution in [2.75, 3.05) is 0 Å². The Balaban J connectivity index is 2.26. The number of amides is 4. The maximum atomic E-state index is 11.0. The normalized spacial score (nSPS) is 33.5. The molecule has 12 heavy (non-hydrogen) atoms. The third-order valence-electron chi connectivity index (χ3n) is 1.71. The molecule has 2 unspecified atom stereocenters. The fourth-order valence-corrected chi connectivity index (χ4v) is 1.67. The number of nitrogens with zero attached hydrogens (tertiary/aromatic N) is 2. The monoisotopic (exact) mass is 210 g/mol. The zero-order valence-corrected chi connectivity index (χ0v) is 7.13. The highest BCUT2D eigenvalue weighted by molar-refractivity contribution is 6.29. The Hall–Kier alpha value is -0.880. The average molecular weight is 211 g/mol. The van der Waals surface area contributed by atoms with Crippen molar-refractivity contribution in [2.24, 2.45) is 0 Å². The Morgan fingerprint density at radius 1 is 1.08 bits per heavy atom. The van der Waals surface area contributed by atoms with E-state index in [4.69, 9.17) is 23.6 Å². The van der Waals surface area contributed by atoms with E-state index in [0.29, 0.717) is 0 Å². The van der Waals surface area contributed by atoms with E-state index in [-0.39, 0.29) is 0 Å². The minimum absolute atomic E-state index is 0.395. The van der Waals surface area contributed by atoms with Crippen LogP contribution < -0.4 is 10.6 Å². The number of halogens is 2. The van der Waals surface area contributed by atoms with Crippen LogP contribution in [0.5, 0.6) is 0 Å². The fourth-order valence-electron chi connectivity index (χ4n) is 1.16. The molecule has 0 aromatic heterocycles. The van der Waals surface area contributed by atoms with Crippen LogP contribution >= 0.6 is 23.6 Å². The molecule has 2 atom stereocenters.